The second-order valence-corrected chi connectivity index (χ2v) is 5.49. The van der Waals surface area contributed by atoms with Crippen molar-refractivity contribution in [3.8, 4) is 0 Å². The Morgan fingerprint density at radius 1 is 1.44 bits per heavy atom. The van der Waals surface area contributed by atoms with Crippen LogP contribution in [0.25, 0.3) is 0 Å². The van der Waals surface area contributed by atoms with Crippen molar-refractivity contribution < 1.29 is 4.79 Å². The highest BCUT2D eigenvalue weighted by Crippen LogP contribution is 2.22. The van der Waals surface area contributed by atoms with E-state index in [4.69, 9.17) is 0 Å². The number of carbonyl (C=O) groups is 1. The van der Waals surface area contributed by atoms with Crippen LogP contribution in [0.15, 0.2) is 24.5 Å². The van der Waals surface area contributed by atoms with Crippen molar-refractivity contribution in [1.29, 1.82) is 0 Å². The van der Waals surface area contributed by atoms with Crippen LogP contribution >= 0.6 is 0 Å². The normalized spacial score (nSPS) is 17.2. The average Bonchev–Trinajstić information content (AvgIpc) is 2.40. The van der Waals surface area contributed by atoms with Crippen LogP contribution in [0.5, 0.6) is 0 Å². The first-order valence-corrected chi connectivity index (χ1v) is 6.84. The Labute approximate surface area is 109 Å². The van der Waals surface area contributed by atoms with Crippen molar-refractivity contribution in [1.82, 2.24) is 9.88 Å². The molecule has 3 heteroatoms. The summed E-state index contributed by atoms with van der Waals surface area (Å²) in [5.74, 6) is 1.13. The first-order chi connectivity index (χ1) is 8.66. The number of carbonyl (C=O) groups excluding carboxylic acids is 1. The van der Waals surface area contributed by atoms with Gasteiger partial charge in [0.15, 0.2) is 0 Å². The third-order valence-corrected chi connectivity index (χ3v) is 3.67. The van der Waals surface area contributed by atoms with Gasteiger partial charge in [-0.3, -0.25) is 9.78 Å². The van der Waals surface area contributed by atoms with Crippen LogP contribution in [0, 0.1) is 11.8 Å². The monoisotopic (exact) mass is 246 g/mol. The summed E-state index contributed by atoms with van der Waals surface area (Å²) in [7, 11) is 0. The number of likely N-dealkylation sites (tertiary alicyclic amines) is 1. The largest absolute Gasteiger partial charge is 0.342 e. The van der Waals surface area contributed by atoms with Gasteiger partial charge in [0.2, 0.25) is 5.91 Å². The molecule has 0 N–H and O–H groups in total. The van der Waals surface area contributed by atoms with E-state index in [0.29, 0.717) is 11.8 Å². The Balaban J connectivity index is 1.82. The summed E-state index contributed by atoms with van der Waals surface area (Å²) < 4.78 is 0. The lowest BCUT2D eigenvalue weighted by Gasteiger charge is -2.33. The van der Waals surface area contributed by atoms with E-state index in [9.17, 15) is 4.79 Å². The quantitative estimate of drug-likeness (QED) is 0.821. The van der Waals surface area contributed by atoms with Gasteiger partial charge in [-0.15, -0.1) is 0 Å². The Bertz CT molecular complexity index is 381. The maximum atomic E-state index is 11.9. The van der Waals surface area contributed by atoms with Gasteiger partial charge in [0.05, 0.1) is 0 Å². The zero-order valence-electron chi connectivity index (χ0n) is 11.3. The second-order valence-electron chi connectivity index (χ2n) is 5.49. The highest BCUT2D eigenvalue weighted by atomic mass is 16.2. The molecule has 0 spiro atoms. The predicted molar refractivity (Wildman–Crippen MR) is 72.1 cm³/mol. The molecule has 0 radical (unpaired) electrons. The van der Waals surface area contributed by atoms with Gasteiger partial charge in [0.1, 0.15) is 0 Å². The van der Waals surface area contributed by atoms with E-state index in [2.05, 4.69) is 11.1 Å². The van der Waals surface area contributed by atoms with Crippen molar-refractivity contribution >= 4 is 5.91 Å². The molecule has 1 amide bonds. The minimum Gasteiger partial charge on any atom is -0.342 e. The minimum absolute atomic E-state index is 0.125. The van der Waals surface area contributed by atoms with Gasteiger partial charge in [-0.2, -0.15) is 0 Å². The molecule has 0 bridgehead atoms. The SMILES string of the molecule is CC(C)C(=O)N1CCC(Cc2cccnc2)CC1. The Morgan fingerprint density at radius 3 is 2.72 bits per heavy atom. The third-order valence-electron chi connectivity index (χ3n) is 3.67. The molecular formula is C15H22N2O. The molecule has 18 heavy (non-hydrogen) atoms. The summed E-state index contributed by atoms with van der Waals surface area (Å²) in [5, 5.41) is 0. The summed E-state index contributed by atoms with van der Waals surface area (Å²) in [4.78, 5) is 18.0. The zero-order valence-corrected chi connectivity index (χ0v) is 11.3. The van der Waals surface area contributed by atoms with E-state index in [1.807, 2.05) is 37.2 Å². The van der Waals surface area contributed by atoms with Gasteiger partial charge < -0.3 is 4.90 Å². The number of pyridine rings is 1. The minimum atomic E-state index is 0.125. The van der Waals surface area contributed by atoms with Crippen LogP contribution in [-0.2, 0) is 11.2 Å². The first-order valence-electron chi connectivity index (χ1n) is 6.84. The fraction of sp³-hybridized carbons (Fsp3) is 0.600. The molecular weight excluding hydrogens is 224 g/mol. The smallest absolute Gasteiger partial charge is 0.225 e. The van der Waals surface area contributed by atoms with E-state index < -0.39 is 0 Å². The number of aromatic nitrogens is 1. The Hall–Kier alpha value is -1.38. The maximum Gasteiger partial charge on any atom is 0.225 e. The van der Waals surface area contributed by atoms with Crippen molar-refractivity contribution in [3.63, 3.8) is 0 Å². The summed E-state index contributed by atoms with van der Waals surface area (Å²) in [5.41, 5.74) is 1.31. The molecule has 1 aromatic heterocycles. The number of hydrogen-bond donors (Lipinski definition) is 0. The first kappa shape index (κ1) is 13.1. The Morgan fingerprint density at radius 2 is 2.17 bits per heavy atom. The van der Waals surface area contributed by atoms with Gasteiger partial charge in [-0.05, 0) is 36.8 Å². The highest BCUT2D eigenvalue weighted by molar-refractivity contribution is 5.78. The van der Waals surface area contributed by atoms with Crippen LogP contribution in [0.4, 0.5) is 0 Å². The summed E-state index contributed by atoms with van der Waals surface area (Å²) in [6, 6.07) is 4.13. The summed E-state index contributed by atoms with van der Waals surface area (Å²) >= 11 is 0. The molecule has 1 aliphatic heterocycles. The van der Waals surface area contributed by atoms with Crippen molar-refractivity contribution in [3.05, 3.63) is 30.1 Å². The van der Waals surface area contributed by atoms with Gasteiger partial charge in [0.25, 0.3) is 0 Å². The molecule has 1 saturated heterocycles. The second kappa shape index (κ2) is 5.98. The molecule has 0 aliphatic carbocycles. The zero-order chi connectivity index (χ0) is 13.0. The van der Waals surface area contributed by atoms with Crippen LogP contribution < -0.4 is 0 Å². The van der Waals surface area contributed by atoms with Gasteiger partial charge >= 0.3 is 0 Å². The summed E-state index contributed by atoms with van der Waals surface area (Å²) in [6.45, 7) is 5.79. The third kappa shape index (κ3) is 3.31. The number of nitrogens with zero attached hydrogens (tertiary/aromatic N) is 2. The van der Waals surface area contributed by atoms with Crippen LogP contribution in [-0.4, -0.2) is 28.9 Å². The number of amides is 1. The lowest BCUT2D eigenvalue weighted by atomic mass is 9.90. The molecule has 98 valence electrons. The molecule has 2 rings (SSSR count). The molecule has 3 nitrogen and oxygen atoms in total. The molecule has 1 aliphatic rings. The van der Waals surface area contributed by atoms with Gasteiger partial charge in [0, 0.05) is 31.4 Å². The maximum absolute atomic E-state index is 11.9. The number of piperidine rings is 1. The summed E-state index contributed by atoms with van der Waals surface area (Å²) in [6.07, 6.45) is 7.09. The van der Waals surface area contributed by atoms with Crippen LogP contribution in [0.3, 0.4) is 0 Å². The van der Waals surface area contributed by atoms with Crippen molar-refractivity contribution in [2.45, 2.75) is 33.1 Å². The lowest BCUT2D eigenvalue weighted by molar-refractivity contribution is -0.135. The van der Waals surface area contributed by atoms with E-state index in [0.717, 1.165) is 32.4 Å². The van der Waals surface area contributed by atoms with E-state index in [1.165, 1.54) is 5.56 Å². The number of rotatable bonds is 3. The molecule has 0 unspecified atom stereocenters. The molecule has 1 fully saturated rings. The molecule has 0 atom stereocenters. The van der Waals surface area contributed by atoms with Crippen molar-refractivity contribution in [2.75, 3.05) is 13.1 Å². The van der Waals surface area contributed by atoms with E-state index in [1.54, 1.807) is 0 Å². The standard InChI is InChI=1S/C15H22N2O/c1-12(2)15(18)17-8-5-13(6-9-17)10-14-4-3-7-16-11-14/h3-4,7,11-13H,5-6,8-10H2,1-2H3. The lowest BCUT2D eigenvalue weighted by Crippen LogP contribution is -2.40. The van der Waals surface area contributed by atoms with Crippen LogP contribution in [0.2, 0.25) is 0 Å². The topological polar surface area (TPSA) is 33.2 Å². The molecule has 0 aromatic carbocycles. The van der Waals surface area contributed by atoms with Gasteiger partial charge in [-0.25, -0.2) is 0 Å². The van der Waals surface area contributed by atoms with E-state index >= 15 is 0 Å². The molecule has 0 saturated carbocycles. The number of hydrogen-bond acceptors (Lipinski definition) is 2. The Kier molecular flexibility index (Phi) is 4.34. The predicted octanol–water partition coefficient (Wildman–Crippen LogP) is 2.52. The fourth-order valence-corrected chi connectivity index (χ4v) is 2.57. The molecule has 2 heterocycles. The molecule has 1 aromatic rings. The average molecular weight is 246 g/mol. The van der Waals surface area contributed by atoms with Crippen molar-refractivity contribution in [2.24, 2.45) is 11.8 Å². The van der Waals surface area contributed by atoms with Gasteiger partial charge in [-0.1, -0.05) is 19.9 Å². The van der Waals surface area contributed by atoms with E-state index in [-0.39, 0.29) is 5.92 Å². The highest BCUT2D eigenvalue weighted by Gasteiger charge is 2.24. The van der Waals surface area contributed by atoms with Crippen LogP contribution in [0.1, 0.15) is 32.3 Å². The fourth-order valence-electron chi connectivity index (χ4n) is 2.57.